The van der Waals surface area contributed by atoms with Crippen molar-refractivity contribution in [1.82, 2.24) is 9.97 Å². The van der Waals surface area contributed by atoms with Crippen LogP contribution < -0.4 is 0 Å². The Morgan fingerprint density at radius 1 is 0.872 bits per heavy atom. The summed E-state index contributed by atoms with van der Waals surface area (Å²) in [6.45, 7) is 23.2. The monoisotopic (exact) mass is 814 g/mol. The van der Waals surface area contributed by atoms with Crippen LogP contribution in [0.2, 0.25) is 0 Å². The molecule has 0 unspecified atom stereocenters. The normalized spacial score (nSPS) is 12.3. The van der Waals surface area contributed by atoms with Gasteiger partial charge in [-0.15, -0.1) is 35.9 Å². The van der Waals surface area contributed by atoms with Gasteiger partial charge in [-0.1, -0.05) is 93.5 Å². The van der Waals surface area contributed by atoms with Crippen LogP contribution in [-0.2, 0) is 37.7 Å². The Labute approximate surface area is 298 Å². The molecule has 3 aromatic carbocycles. The van der Waals surface area contributed by atoms with Crippen LogP contribution in [0.1, 0.15) is 112 Å². The van der Waals surface area contributed by atoms with Crippen molar-refractivity contribution in [3.05, 3.63) is 83.4 Å². The molecule has 5 heteroatoms. The summed E-state index contributed by atoms with van der Waals surface area (Å²) in [5.74, 6) is 2.32. The van der Waals surface area contributed by atoms with Gasteiger partial charge in [-0.3, -0.25) is 9.78 Å². The molecule has 0 saturated heterocycles. The van der Waals surface area contributed by atoms with Crippen molar-refractivity contribution in [3.8, 4) is 11.3 Å². The quantitative estimate of drug-likeness (QED) is 0.0670. The van der Waals surface area contributed by atoms with Crippen molar-refractivity contribution in [2.45, 2.75) is 115 Å². The summed E-state index contributed by atoms with van der Waals surface area (Å²) in [5, 5.41) is 13.8. The van der Waals surface area contributed by atoms with Gasteiger partial charge in [0, 0.05) is 42.4 Å². The number of nitrogens with zero attached hydrogens (tertiary/aromatic N) is 2. The number of fused-ring (bicyclic) bond motifs is 3. The number of rotatable bonds is 12. The van der Waals surface area contributed by atoms with Crippen molar-refractivity contribution in [1.29, 1.82) is 0 Å². The molecular formula is C42H57IrN2O2-. The molecule has 0 aliphatic rings. The van der Waals surface area contributed by atoms with Gasteiger partial charge >= 0.3 is 0 Å². The van der Waals surface area contributed by atoms with Gasteiger partial charge in [0.15, 0.2) is 5.78 Å². The Bertz CT molecular complexity index is 1650. The van der Waals surface area contributed by atoms with E-state index in [1.54, 1.807) is 0 Å². The number of aryl methyl sites for hydroxylation is 1. The van der Waals surface area contributed by atoms with Crippen LogP contribution in [0.15, 0.2) is 60.4 Å². The van der Waals surface area contributed by atoms with Gasteiger partial charge in [0.2, 0.25) is 0 Å². The molecule has 0 saturated carbocycles. The molecule has 0 aliphatic heterocycles. The van der Waals surface area contributed by atoms with Crippen LogP contribution in [0.25, 0.3) is 32.9 Å². The second-order valence-electron chi connectivity index (χ2n) is 14.3. The van der Waals surface area contributed by atoms with Crippen molar-refractivity contribution in [2.24, 2.45) is 22.7 Å². The van der Waals surface area contributed by atoms with Crippen LogP contribution in [0.3, 0.4) is 0 Å². The van der Waals surface area contributed by atoms with E-state index in [9.17, 15) is 9.90 Å². The fourth-order valence-corrected chi connectivity index (χ4v) is 5.94. The molecule has 1 radical (unpaired) electrons. The number of aromatic nitrogens is 2. The van der Waals surface area contributed by atoms with Crippen LogP contribution in [0.5, 0.6) is 0 Å². The molecule has 0 fully saturated rings. The zero-order valence-electron chi connectivity index (χ0n) is 30.7. The van der Waals surface area contributed by atoms with Gasteiger partial charge in [0.1, 0.15) is 11.6 Å². The van der Waals surface area contributed by atoms with E-state index >= 15 is 0 Å². The van der Waals surface area contributed by atoms with E-state index in [-0.39, 0.29) is 42.5 Å². The summed E-state index contributed by atoms with van der Waals surface area (Å²) in [5.41, 5.74) is 5.27. The zero-order chi connectivity index (χ0) is 34.2. The average Bonchev–Trinajstić information content (AvgIpc) is 3.03. The SMILES string of the molecule is CCC(C)(CC)C(=O)/C=C(\O)C(C)(CC)CC.Cc1nc(-c2[c-]cccc2)c2ccc3cc(CC(C)C)cc(CC(C)C)c3c2n1.[Ir]. The van der Waals surface area contributed by atoms with Crippen molar-refractivity contribution >= 4 is 27.5 Å². The first-order chi connectivity index (χ1) is 21.7. The summed E-state index contributed by atoms with van der Waals surface area (Å²) in [4.78, 5) is 21.9. The van der Waals surface area contributed by atoms with Crippen molar-refractivity contribution < 1.29 is 30.0 Å². The van der Waals surface area contributed by atoms with Gasteiger partial charge in [0.25, 0.3) is 0 Å². The van der Waals surface area contributed by atoms with Gasteiger partial charge < -0.3 is 5.11 Å². The number of benzene rings is 3. The Balaban J connectivity index is 0.000000370. The Hall–Kier alpha value is -2.88. The number of hydrogen-bond acceptors (Lipinski definition) is 4. The first-order valence-electron chi connectivity index (χ1n) is 17.4. The maximum Gasteiger partial charge on any atom is 0.164 e. The molecule has 47 heavy (non-hydrogen) atoms. The molecule has 257 valence electrons. The maximum absolute atomic E-state index is 12.2. The predicted molar refractivity (Wildman–Crippen MR) is 196 cm³/mol. The molecule has 0 amide bonds. The Kier molecular flexibility index (Phi) is 15.0. The molecule has 1 aromatic heterocycles. The molecule has 4 nitrogen and oxygen atoms in total. The molecule has 1 N–H and O–H groups in total. The van der Waals surface area contributed by atoms with Crippen LogP contribution in [0, 0.1) is 35.7 Å². The predicted octanol–water partition coefficient (Wildman–Crippen LogP) is 11.6. The summed E-state index contributed by atoms with van der Waals surface area (Å²) in [6.07, 6.45) is 6.91. The second kappa shape index (κ2) is 17.5. The van der Waals surface area contributed by atoms with Crippen molar-refractivity contribution in [2.75, 3.05) is 0 Å². The van der Waals surface area contributed by atoms with Gasteiger partial charge in [-0.25, -0.2) is 4.98 Å². The largest absolute Gasteiger partial charge is 0.512 e. The smallest absolute Gasteiger partial charge is 0.164 e. The molecule has 4 aromatic rings. The van der Waals surface area contributed by atoms with Gasteiger partial charge in [-0.05, 0) is 84.9 Å². The van der Waals surface area contributed by atoms with E-state index in [1.165, 1.54) is 28.0 Å². The van der Waals surface area contributed by atoms with Crippen LogP contribution in [0.4, 0.5) is 0 Å². The topological polar surface area (TPSA) is 63.1 Å². The fourth-order valence-electron chi connectivity index (χ4n) is 5.94. The first-order valence-corrected chi connectivity index (χ1v) is 17.4. The number of allylic oxidation sites excluding steroid dienone is 2. The second-order valence-corrected chi connectivity index (χ2v) is 14.3. The van der Waals surface area contributed by atoms with E-state index in [1.807, 2.05) is 66.7 Å². The molecule has 0 aliphatic carbocycles. The minimum absolute atomic E-state index is 0. The molecule has 0 atom stereocenters. The molecule has 1 heterocycles. The number of aliphatic hydroxyl groups is 1. The first kappa shape index (κ1) is 40.3. The van der Waals surface area contributed by atoms with Crippen LogP contribution in [-0.4, -0.2) is 20.9 Å². The third-order valence-electron chi connectivity index (χ3n) is 9.87. The van der Waals surface area contributed by atoms with Gasteiger partial charge in [-0.2, -0.15) is 0 Å². The van der Waals surface area contributed by atoms with Gasteiger partial charge in [0.05, 0.1) is 5.52 Å². The van der Waals surface area contributed by atoms with E-state index < -0.39 is 0 Å². The molecule has 0 spiro atoms. The fraction of sp³-hybridized carbons (Fsp3) is 0.500. The number of ketones is 1. The summed E-state index contributed by atoms with van der Waals surface area (Å²) in [7, 11) is 0. The third-order valence-corrected chi connectivity index (χ3v) is 9.87. The summed E-state index contributed by atoms with van der Waals surface area (Å²) < 4.78 is 0. The molecule has 4 rings (SSSR count). The zero-order valence-corrected chi connectivity index (χ0v) is 33.1. The third kappa shape index (κ3) is 9.83. The standard InChI is InChI=1S/C27H29N2.C15H28O2.Ir/c1-17(2)13-20-15-22-11-12-24-26(21-9-7-6-8-10-21)28-19(5)29-27(24)25(22)23(16-20)14-18(3)4;1-7-14(5,8-2)12(16)11-13(17)15(6,9-3)10-4;/h6-9,11-12,15-18H,13-14H2,1-5H3;11,16H,7-10H2,1-6H3;/q-1;;/b;12-11-;. The number of aliphatic hydroxyl groups excluding tert-OH is 1. The number of carbonyl (C=O) groups is 1. The van der Waals surface area contributed by atoms with E-state index in [0.717, 1.165) is 66.5 Å². The Morgan fingerprint density at radius 2 is 1.49 bits per heavy atom. The average molecular weight is 814 g/mol. The molecular weight excluding hydrogens is 757 g/mol. The summed E-state index contributed by atoms with van der Waals surface area (Å²) >= 11 is 0. The number of carbonyl (C=O) groups excluding carboxylic acids is 1. The minimum atomic E-state index is -0.337. The van der Waals surface area contributed by atoms with E-state index in [4.69, 9.17) is 9.97 Å². The Morgan fingerprint density at radius 3 is 2.02 bits per heavy atom. The minimum Gasteiger partial charge on any atom is -0.512 e. The van der Waals surface area contributed by atoms with Crippen molar-refractivity contribution in [3.63, 3.8) is 0 Å². The molecule has 0 bridgehead atoms. The maximum atomic E-state index is 12.2. The van der Waals surface area contributed by atoms with Crippen LogP contribution >= 0.6 is 0 Å². The summed E-state index contributed by atoms with van der Waals surface area (Å²) in [6, 6.07) is 20.6. The number of hydrogen-bond donors (Lipinski definition) is 1. The van der Waals surface area contributed by atoms with E-state index in [0.29, 0.717) is 11.8 Å². The van der Waals surface area contributed by atoms with E-state index in [2.05, 4.69) is 64.1 Å².